The third-order valence-corrected chi connectivity index (χ3v) is 6.82. The second kappa shape index (κ2) is 7.92. The summed E-state index contributed by atoms with van der Waals surface area (Å²) in [6, 6.07) is 3.95. The number of carbonyl (C=O) groups excluding carboxylic acids is 1. The van der Waals surface area contributed by atoms with Crippen molar-refractivity contribution in [3.8, 4) is 0 Å². The number of nitrogens with one attached hydrogen (secondary N) is 1. The molecule has 0 radical (unpaired) electrons. The molecule has 0 aromatic carbocycles. The van der Waals surface area contributed by atoms with Gasteiger partial charge >= 0.3 is 5.97 Å². The van der Waals surface area contributed by atoms with Crippen LogP contribution in [0.4, 0.5) is 0 Å². The summed E-state index contributed by atoms with van der Waals surface area (Å²) >= 11 is 3.15. The SMILES string of the molecule is O=C(O)CCSSCCNC(=O)c1cc2sccc2s1. The number of carboxylic acids is 1. The second-order valence-electron chi connectivity index (χ2n) is 3.80. The fourth-order valence-corrected chi connectivity index (χ4v) is 5.33. The van der Waals surface area contributed by atoms with E-state index >= 15 is 0 Å². The van der Waals surface area contributed by atoms with Crippen LogP contribution in [0.25, 0.3) is 9.40 Å². The zero-order valence-electron chi connectivity index (χ0n) is 10.5. The zero-order valence-corrected chi connectivity index (χ0v) is 13.7. The predicted molar refractivity (Wildman–Crippen MR) is 89.2 cm³/mol. The number of hydrogen-bond donors (Lipinski definition) is 2. The van der Waals surface area contributed by atoms with Gasteiger partial charge in [0.25, 0.3) is 5.91 Å². The smallest absolute Gasteiger partial charge is 0.304 e. The van der Waals surface area contributed by atoms with Crippen molar-refractivity contribution in [2.45, 2.75) is 6.42 Å². The molecule has 2 heterocycles. The van der Waals surface area contributed by atoms with Crippen LogP contribution >= 0.6 is 44.3 Å². The molecular formula is C12H13NO3S4. The number of carbonyl (C=O) groups is 2. The Balaban J connectivity index is 1.63. The summed E-state index contributed by atoms with van der Waals surface area (Å²) < 4.78 is 2.30. The van der Waals surface area contributed by atoms with E-state index in [1.54, 1.807) is 22.1 Å². The van der Waals surface area contributed by atoms with Crippen molar-refractivity contribution in [2.75, 3.05) is 18.1 Å². The van der Waals surface area contributed by atoms with Crippen LogP contribution in [0.15, 0.2) is 17.5 Å². The van der Waals surface area contributed by atoms with E-state index in [1.807, 2.05) is 17.5 Å². The van der Waals surface area contributed by atoms with Gasteiger partial charge in [-0.15, -0.1) is 22.7 Å². The molecule has 8 heteroatoms. The zero-order chi connectivity index (χ0) is 14.4. The number of amides is 1. The molecule has 20 heavy (non-hydrogen) atoms. The average Bonchev–Trinajstić information content (AvgIpc) is 2.97. The molecule has 2 N–H and O–H groups in total. The minimum Gasteiger partial charge on any atom is -0.481 e. The summed E-state index contributed by atoms with van der Waals surface area (Å²) in [4.78, 5) is 23.0. The fraction of sp³-hybridized carbons (Fsp3) is 0.333. The van der Waals surface area contributed by atoms with Crippen LogP contribution in [0.2, 0.25) is 0 Å². The van der Waals surface area contributed by atoms with Gasteiger partial charge in [-0.1, -0.05) is 21.6 Å². The quantitative estimate of drug-likeness (QED) is 0.565. The normalized spacial score (nSPS) is 10.8. The van der Waals surface area contributed by atoms with Crippen LogP contribution in [0.3, 0.4) is 0 Å². The number of rotatable bonds is 8. The maximum Gasteiger partial charge on any atom is 0.304 e. The van der Waals surface area contributed by atoms with Crippen molar-refractivity contribution in [2.24, 2.45) is 0 Å². The predicted octanol–water partition coefficient (Wildman–Crippen LogP) is 3.55. The Labute approximate surface area is 132 Å². The van der Waals surface area contributed by atoms with Crippen LogP contribution in [-0.2, 0) is 4.79 Å². The van der Waals surface area contributed by atoms with E-state index in [2.05, 4.69) is 5.32 Å². The Hall–Kier alpha value is -0.700. The lowest BCUT2D eigenvalue weighted by atomic mass is 10.4. The molecule has 2 aromatic heterocycles. The Bertz CT molecular complexity index is 564. The molecule has 0 saturated carbocycles. The van der Waals surface area contributed by atoms with Crippen molar-refractivity contribution in [1.29, 1.82) is 0 Å². The molecular weight excluding hydrogens is 334 g/mol. The van der Waals surface area contributed by atoms with Crippen LogP contribution < -0.4 is 5.32 Å². The second-order valence-corrected chi connectivity index (χ2v) is 8.54. The molecule has 108 valence electrons. The molecule has 0 bridgehead atoms. The minimum atomic E-state index is -0.774. The Morgan fingerprint density at radius 1 is 1.25 bits per heavy atom. The van der Waals surface area contributed by atoms with Crippen LogP contribution in [0.5, 0.6) is 0 Å². The molecule has 0 aliphatic rings. The highest BCUT2D eigenvalue weighted by Gasteiger charge is 2.10. The molecule has 0 spiro atoms. The molecule has 0 fully saturated rings. The fourth-order valence-electron chi connectivity index (χ4n) is 1.42. The monoisotopic (exact) mass is 347 g/mol. The third kappa shape index (κ3) is 4.69. The lowest BCUT2D eigenvalue weighted by molar-refractivity contribution is -0.136. The Morgan fingerprint density at radius 2 is 2.05 bits per heavy atom. The Kier molecular flexibility index (Phi) is 6.21. The highest BCUT2D eigenvalue weighted by molar-refractivity contribution is 8.76. The van der Waals surface area contributed by atoms with E-state index in [1.165, 1.54) is 22.1 Å². The molecule has 0 aliphatic heterocycles. The van der Waals surface area contributed by atoms with Crippen molar-refractivity contribution >= 4 is 65.5 Å². The molecule has 0 atom stereocenters. The number of aliphatic carboxylic acids is 1. The summed E-state index contributed by atoms with van der Waals surface area (Å²) in [6.07, 6.45) is 0.177. The number of hydrogen-bond acceptors (Lipinski definition) is 6. The molecule has 2 aromatic rings. The first kappa shape index (κ1) is 15.7. The van der Waals surface area contributed by atoms with Crippen LogP contribution in [0.1, 0.15) is 16.1 Å². The average molecular weight is 348 g/mol. The maximum absolute atomic E-state index is 11.9. The standard InChI is InChI=1S/C12H13NO3S4/c14-11(15)2-5-18-19-6-3-13-12(16)10-7-9-8(20-10)1-4-17-9/h1,4,7H,2-3,5-6H2,(H,13,16)(H,14,15). The lowest BCUT2D eigenvalue weighted by Crippen LogP contribution is -2.24. The highest BCUT2D eigenvalue weighted by Crippen LogP contribution is 2.29. The molecule has 1 amide bonds. The van der Waals surface area contributed by atoms with E-state index in [9.17, 15) is 9.59 Å². The van der Waals surface area contributed by atoms with E-state index in [0.717, 1.165) is 20.0 Å². The lowest BCUT2D eigenvalue weighted by Gasteiger charge is -2.02. The molecule has 2 rings (SSSR count). The number of thiophene rings is 2. The van der Waals surface area contributed by atoms with Gasteiger partial charge in [-0.3, -0.25) is 9.59 Å². The van der Waals surface area contributed by atoms with E-state index < -0.39 is 5.97 Å². The first-order valence-corrected chi connectivity index (χ1v) is 10.1. The summed E-state index contributed by atoms with van der Waals surface area (Å²) in [5, 5.41) is 13.4. The van der Waals surface area contributed by atoms with E-state index in [0.29, 0.717) is 12.3 Å². The van der Waals surface area contributed by atoms with Gasteiger partial charge in [0.1, 0.15) is 0 Å². The van der Waals surface area contributed by atoms with Gasteiger partial charge < -0.3 is 10.4 Å². The molecule has 0 unspecified atom stereocenters. The first-order valence-electron chi connectivity index (χ1n) is 5.88. The molecule has 0 aliphatic carbocycles. The van der Waals surface area contributed by atoms with E-state index in [4.69, 9.17) is 5.11 Å². The van der Waals surface area contributed by atoms with Crippen molar-refractivity contribution < 1.29 is 14.7 Å². The number of fused-ring (bicyclic) bond motifs is 1. The van der Waals surface area contributed by atoms with Gasteiger partial charge in [0.05, 0.1) is 11.3 Å². The summed E-state index contributed by atoms with van der Waals surface area (Å²) in [5.41, 5.74) is 0. The third-order valence-electron chi connectivity index (χ3n) is 2.32. The van der Waals surface area contributed by atoms with Gasteiger partial charge in [0.15, 0.2) is 0 Å². The van der Waals surface area contributed by atoms with Crippen molar-refractivity contribution in [3.05, 3.63) is 22.4 Å². The molecule has 0 saturated heterocycles. The van der Waals surface area contributed by atoms with Crippen molar-refractivity contribution in [1.82, 2.24) is 5.32 Å². The summed E-state index contributed by atoms with van der Waals surface area (Å²) in [6.45, 7) is 0.592. The Morgan fingerprint density at radius 3 is 2.80 bits per heavy atom. The van der Waals surface area contributed by atoms with E-state index in [-0.39, 0.29) is 12.3 Å². The maximum atomic E-state index is 11.9. The van der Waals surface area contributed by atoms with Gasteiger partial charge in [0, 0.05) is 27.5 Å². The molecule has 4 nitrogen and oxygen atoms in total. The van der Waals surface area contributed by atoms with Gasteiger partial charge in [0.2, 0.25) is 0 Å². The minimum absolute atomic E-state index is 0.0328. The largest absolute Gasteiger partial charge is 0.481 e. The van der Waals surface area contributed by atoms with Crippen LogP contribution in [0, 0.1) is 0 Å². The first-order chi connectivity index (χ1) is 9.66. The van der Waals surface area contributed by atoms with Gasteiger partial charge in [-0.2, -0.15) is 0 Å². The summed E-state index contributed by atoms with van der Waals surface area (Å²) in [7, 11) is 3.11. The summed E-state index contributed by atoms with van der Waals surface area (Å²) in [5.74, 6) is 0.559. The van der Waals surface area contributed by atoms with Crippen molar-refractivity contribution in [3.63, 3.8) is 0 Å². The highest BCUT2D eigenvalue weighted by atomic mass is 33.1. The van der Waals surface area contributed by atoms with Crippen LogP contribution in [-0.4, -0.2) is 35.0 Å². The van der Waals surface area contributed by atoms with Gasteiger partial charge in [-0.25, -0.2) is 0 Å². The topological polar surface area (TPSA) is 66.4 Å². The number of carboxylic acid groups (broad SMARTS) is 1. The van der Waals surface area contributed by atoms with Gasteiger partial charge in [-0.05, 0) is 17.5 Å².